The first kappa shape index (κ1) is 22.2. The molecule has 0 amide bonds. The summed E-state index contributed by atoms with van der Waals surface area (Å²) < 4.78 is 16.2. The molecule has 0 radical (unpaired) electrons. The van der Waals surface area contributed by atoms with Crippen LogP contribution in [0.2, 0.25) is 0 Å². The quantitative estimate of drug-likeness (QED) is 0.175. The van der Waals surface area contributed by atoms with Crippen LogP contribution in [0.4, 0.5) is 11.5 Å². The zero-order valence-electron chi connectivity index (χ0n) is 17.3. The molecule has 164 valence electrons. The normalized spacial score (nSPS) is 10.6. The van der Waals surface area contributed by atoms with E-state index in [4.69, 9.17) is 14.2 Å². The summed E-state index contributed by atoms with van der Waals surface area (Å²) in [5, 5.41) is 14.7. The number of nitro groups is 1. The van der Waals surface area contributed by atoms with Gasteiger partial charge in [-0.25, -0.2) is 9.78 Å². The second-order valence-electron chi connectivity index (χ2n) is 6.29. The number of rotatable bonds is 9. The van der Waals surface area contributed by atoms with Gasteiger partial charge in [-0.15, -0.1) is 0 Å². The number of nitrogens with zero attached hydrogens (tertiary/aromatic N) is 3. The van der Waals surface area contributed by atoms with E-state index in [1.165, 1.54) is 18.3 Å². The molecule has 2 aromatic carbocycles. The largest absolute Gasteiger partial charge is 0.497 e. The van der Waals surface area contributed by atoms with Crippen molar-refractivity contribution in [2.24, 2.45) is 5.10 Å². The standard InChI is InChI=1S/C22H20N4O6/c1-3-31-20-12-15(13-24-25-21-11-7-17(14-23-21)26(28)29)4-10-19(20)32-22(27)16-5-8-18(30-2)9-6-16/h4-14H,3H2,1-2H3,(H,23,25)/b24-13-. The maximum Gasteiger partial charge on any atom is 0.343 e. The third kappa shape index (κ3) is 5.79. The number of nitrogens with one attached hydrogen (secondary N) is 1. The molecule has 0 aliphatic carbocycles. The fraction of sp³-hybridized carbons (Fsp3) is 0.136. The number of pyridine rings is 1. The lowest BCUT2D eigenvalue weighted by Crippen LogP contribution is -2.10. The van der Waals surface area contributed by atoms with Crippen LogP contribution in [0.5, 0.6) is 17.2 Å². The van der Waals surface area contributed by atoms with Crippen molar-refractivity contribution in [1.82, 2.24) is 4.98 Å². The minimum absolute atomic E-state index is 0.110. The molecule has 0 saturated heterocycles. The van der Waals surface area contributed by atoms with Gasteiger partial charge in [-0.3, -0.25) is 15.5 Å². The van der Waals surface area contributed by atoms with Crippen molar-refractivity contribution in [2.75, 3.05) is 19.1 Å². The number of methoxy groups -OCH3 is 1. The van der Waals surface area contributed by atoms with Crippen molar-refractivity contribution in [2.45, 2.75) is 6.92 Å². The lowest BCUT2D eigenvalue weighted by atomic mass is 10.2. The summed E-state index contributed by atoms with van der Waals surface area (Å²) in [6.45, 7) is 2.19. The van der Waals surface area contributed by atoms with Crippen LogP contribution in [0, 0.1) is 10.1 Å². The molecular weight excluding hydrogens is 416 g/mol. The van der Waals surface area contributed by atoms with E-state index >= 15 is 0 Å². The molecule has 1 N–H and O–H groups in total. The lowest BCUT2D eigenvalue weighted by Gasteiger charge is -2.11. The third-order valence-corrected chi connectivity index (χ3v) is 4.15. The fourth-order valence-electron chi connectivity index (χ4n) is 2.58. The van der Waals surface area contributed by atoms with Gasteiger partial charge < -0.3 is 14.2 Å². The minimum atomic E-state index is -0.529. The third-order valence-electron chi connectivity index (χ3n) is 4.15. The van der Waals surface area contributed by atoms with E-state index in [9.17, 15) is 14.9 Å². The zero-order valence-corrected chi connectivity index (χ0v) is 17.3. The van der Waals surface area contributed by atoms with Crippen molar-refractivity contribution < 1.29 is 23.9 Å². The molecule has 3 rings (SSSR count). The molecular formula is C22H20N4O6. The summed E-state index contributed by atoms with van der Waals surface area (Å²) in [4.78, 5) is 26.5. The van der Waals surface area contributed by atoms with Crippen LogP contribution < -0.4 is 19.6 Å². The average molecular weight is 436 g/mol. The van der Waals surface area contributed by atoms with Crippen LogP contribution in [-0.4, -0.2) is 35.8 Å². The van der Waals surface area contributed by atoms with E-state index < -0.39 is 10.9 Å². The van der Waals surface area contributed by atoms with E-state index in [1.807, 2.05) is 6.92 Å². The maximum absolute atomic E-state index is 12.4. The van der Waals surface area contributed by atoms with Crippen LogP contribution in [0.1, 0.15) is 22.8 Å². The zero-order chi connectivity index (χ0) is 22.9. The number of hydrogen-bond acceptors (Lipinski definition) is 9. The number of carbonyl (C=O) groups is 1. The van der Waals surface area contributed by atoms with Crippen molar-refractivity contribution in [3.63, 3.8) is 0 Å². The highest BCUT2D eigenvalue weighted by Gasteiger charge is 2.13. The van der Waals surface area contributed by atoms with Crippen LogP contribution in [0.25, 0.3) is 0 Å². The predicted octanol–water partition coefficient (Wildman–Crippen LogP) is 4.06. The molecule has 0 saturated carbocycles. The highest BCUT2D eigenvalue weighted by atomic mass is 16.6. The fourth-order valence-corrected chi connectivity index (χ4v) is 2.58. The Morgan fingerprint density at radius 3 is 2.56 bits per heavy atom. The van der Waals surface area contributed by atoms with Crippen LogP contribution in [0.3, 0.4) is 0 Å². The number of aromatic nitrogens is 1. The average Bonchev–Trinajstić information content (AvgIpc) is 2.81. The molecule has 1 heterocycles. The van der Waals surface area contributed by atoms with Crippen molar-refractivity contribution in [3.05, 3.63) is 82.0 Å². The molecule has 1 aromatic heterocycles. The Bertz CT molecular complexity index is 1110. The SMILES string of the molecule is CCOc1cc(/C=N\Nc2ccc([N+](=O)[O-])cn2)ccc1OC(=O)c1ccc(OC)cc1. The molecule has 10 heteroatoms. The van der Waals surface area contributed by atoms with Crippen LogP contribution in [-0.2, 0) is 0 Å². The number of carbonyl (C=O) groups excluding carboxylic acids is 1. The van der Waals surface area contributed by atoms with Gasteiger partial charge in [0.05, 0.1) is 30.4 Å². The van der Waals surface area contributed by atoms with E-state index in [1.54, 1.807) is 49.6 Å². The Morgan fingerprint density at radius 2 is 1.94 bits per heavy atom. The second-order valence-corrected chi connectivity index (χ2v) is 6.29. The summed E-state index contributed by atoms with van der Waals surface area (Å²) >= 11 is 0. The van der Waals surface area contributed by atoms with Crippen molar-refractivity contribution in [3.8, 4) is 17.2 Å². The molecule has 3 aromatic rings. The first-order valence-electron chi connectivity index (χ1n) is 9.52. The van der Waals surface area contributed by atoms with Gasteiger partial charge in [-0.05, 0) is 61.0 Å². The summed E-state index contributed by atoms with van der Waals surface area (Å²) in [5.41, 5.74) is 3.62. The molecule has 0 bridgehead atoms. The van der Waals surface area contributed by atoms with Gasteiger partial charge in [-0.2, -0.15) is 5.10 Å². The number of anilines is 1. The Balaban J connectivity index is 1.69. The first-order valence-corrected chi connectivity index (χ1v) is 9.52. The van der Waals surface area contributed by atoms with Gasteiger partial charge in [0.15, 0.2) is 11.5 Å². The minimum Gasteiger partial charge on any atom is -0.497 e. The van der Waals surface area contributed by atoms with Gasteiger partial charge in [-0.1, -0.05) is 0 Å². The number of esters is 1. The van der Waals surface area contributed by atoms with E-state index in [0.29, 0.717) is 35.1 Å². The Hall–Kier alpha value is -4.47. The molecule has 0 spiro atoms. The topological polar surface area (TPSA) is 125 Å². The highest BCUT2D eigenvalue weighted by Crippen LogP contribution is 2.29. The maximum atomic E-state index is 12.4. The molecule has 0 aliphatic rings. The Kier molecular flexibility index (Phi) is 7.31. The number of hydrazone groups is 1. The van der Waals surface area contributed by atoms with Gasteiger partial charge >= 0.3 is 5.97 Å². The number of benzene rings is 2. The second kappa shape index (κ2) is 10.5. The van der Waals surface area contributed by atoms with E-state index in [0.717, 1.165) is 6.20 Å². The molecule has 0 fully saturated rings. The summed E-state index contributed by atoms with van der Waals surface area (Å²) in [7, 11) is 1.55. The van der Waals surface area contributed by atoms with Crippen LogP contribution >= 0.6 is 0 Å². The summed E-state index contributed by atoms with van der Waals surface area (Å²) in [6.07, 6.45) is 2.65. The number of hydrogen-bond donors (Lipinski definition) is 1. The van der Waals surface area contributed by atoms with Crippen molar-refractivity contribution >= 4 is 23.7 Å². The monoisotopic (exact) mass is 436 g/mol. The first-order chi connectivity index (χ1) is 15.5. The molecule has 10 nitrogen and oxygen atoms in total. The number of ether oxygens (including phenoxy) is 3. The van der Waals surface area contributed by atoms with E-state index in [-0.39, 0.29) is 11.4 Å². The van der Waals surface area contributed by atoms with Gasteiger partial charge in [0.1, 0.15) is 17.8 Å². The Labute approximate surface area is 183 Å². The van der Waals surface area contributed by atoms with Crippen molar-refractivity contribution in [1.29, 1.82) is 0 Å². The highest BCUT2D eigenvalue weighted by molar-refractivity contribution is 5.91. The molecule has 0 unspecified atom stereocenters. The van der Waals surface area contributed by atoms with Gasteiger partial charge in [0.2, 0.25) is 0 Å². The van der Waals surface area contributed by atoms with E-state index in [2.05, 4.69) is 15.5 Å². The smallest absolute Gasteiger partial charge is 0.343 e. The van der Waals surface area contributed by atoms with Gasteiger partial charge in [0, 0.05) is 6.07 Å². The molecule has 0 atom stereocenters. The molecule has 32 heavy (non-hydrogen) atoms. The predicted molar refractivity (Wildman–Crippen MR) is 118 cm³/mol. The summed E-state index contributed by atoms with van der Waals surface area (Å²) in [5.74, 6) is 1.11. The summed E-state index contributed by atoms with van der Waals surface area (Å²) in [6, 6.07) is 14.3. The Morgan fingerprint density at radius 1 is 1.16 bits per heavy atom. The van der Waals surface area contributed by atoms with Gasteiger partial charge in [0.25, 0.3) is 5.69 Å². The molecule has 0 aliphatic heterocycles. The van der Waals surface area contributed by atoms with Crippen LogP contribution in [0.15, 0.2) is 65.9 Å². The lowest BCUT2D eigenvalue weighted by molar-refractivity contribution is -0.385.